The molecule has 144 valence electrons. The van der Waals surface area contributed by atoms with Gasteiger partial charge in [-0.1, -0.05) is 13.8 Å². The van der Waals surface area contributed by atoms with Gasteiger partial charge in [0.25, 0.3) is 0 Å². The molecule has 4 aliphatic rings. The standard InChI is InChI=1S/C19H33O5P/c1-18-9-7-13(24-25(21,22)23)11-12(18)3-4-14-15-5-6-17(20)19(15,2)10-8-16(14)18/h12-17,20H,3-11H2,1-2H3,(H2,21,22,23)/t12-,13-,14+,15+,16+,17+,18+,19+/m1/s1. The molecule has 0 aromatic rings. The molecule has 0 aliphatic heterocycles. The minimum Gasteiger partial charge on any atom is -0.393 e. The Morgan fingerprint density at radius 1 is 0.920 bits per heavy atom. The van der Waals surface area contributed by atoms with Crippen LogP contribution in [0.5, 0.6) is 0 Å². The summed E-state index contributed by atoms with van der Waals surface area (Å²) in [5, 5.41) is 10.5. The minimum atomic E-state index is -4.39. The molecule has 3 N–H and O–H groups in total. The molecule has 4 saturated carbocycles. The second kappa shape index (κ2) is 6.04. The fourth-order valence-corrected chi connectivity index (χ4v) is 8.06. The highest BCUT2D eigenvalue weighted by Gasteiger charge is 2.60. The van der Waals surface area contributed by atoms with E-state index in [1.165, 1.54) is 19.3 Å². The Labute approximate surface area is 150 Å². The second-order valence-corrected chi connectivity index (χ2v) is 11.0. The van der Waals surface area contributed by atoms with Crippen molar-refractivity contribution in [3.63, 3.8) is 0 Å². The van der Waals surface area contributed by atoms with E-state index in [0.717, 1.165) is 44.4 Å². The molecule has 5 nitrogen and oxygen atoms in total. The maximum Gasteiger partial charge on any atom is 0.469 e. The Morgan fingerprint density at radius 2 is 1.60 bits per heavy atom. The molecule has 6 heteroatoms. The minimum absolute atomic E-state index is 0.116. The molecule has 0 saturated heterocycles. The quantitative estimate of drug-likeness (QED) is 0.641. The summed E-state index contributed by atoms with van der Waals surface area (Å²) in [5.41, 5.74) is 0.387. The van der Waals surface area contributed by atoms with Gasteiger partial charge in [-0.2, -0.15) is 0 Å². The Bertz CT molecular complexity index is 576. The zero-order chi connectivity index (χ0) is 18.0. The second-order valence-electron chi connectivity index (χ2n) is 9.79. The molecule has 4 rings (SSSR count). The molecule has 4 aliphatic carbocycles. The fraction of sp³-hybridized carbons (Fsp3) is 1.00. The van der Waals surface area contributed by atoms with Crippen molar-refractivity contribution >= 4 is 7.82 Å². The predicted molar refractivity (Wildman–Crippen MR) is 94.7 cm³/mol. The van der Waals surface area contributed by atoms with Crippen molar-refractivity contribution in [3.8, 4) is 0 Å². The summed E-state index contributed by atoms with van der Waals surface area (Å²) in [7, 11) is -4.39. The third kappa shape index (κ3) is 2.95. The Hall–Kier alpha value is 0.0700. The number of aliphatic hydroxyl groups excluding tert-OH is 1. The number of phosphoric ester groups is 1. The van der Waals surface area contributed by atoms with Gasteiger partial charge in [0, 0.05) is 0 Å². The van der Waals surface area contributed by atoms with E-state index >= 15 is 0 Å². The first-order valence-corrected chi connectivity index (χ1v) is 11.6. The summed E-state index contributed by atoms with van der Waals surface area (Å²) in [6, 6.07) is 0. The number of fused-ring (bicyclic) bond motifs is 5. The molecule has 4 fully saturated rings. The van der Waals surface area contributed by atoms with Crippen LogP contribution in [-0.2, 0) is 9.09 Å². The monoisotopic (exact) mass is 372 g/mol. The summed E-state index contributed by atoms with van der Waals surface area (Å²) in [5.74, 6) is 2.58. The molecule has 0 amide bonds. The van der Waals surface area contributed by atoms with E-state index in [-0.39, 0.29) is 23.0 Å². The first kappa shape index (κ1) is 18.4. The molecular weight excluding hydrogens is 339 g/mol. The number of phosphoric acid groups is 1. The molecule has 0 aromatic carbocycles. The van der Waals surface area contributed by atoms with E-state index in [9.17, 15) is 9.67 Å². The van der Waals surface area contributed by atoms with Crippen LogP contribution in [0, 0.1) is 34.5 Å². The largest absolute Gasteiger partial charge is 0.469 e. The van der Waals surface area contributed by atoms with Crippen LogP contribution in [0.2, 0.25) is 0 Å². The van der Waals surface area contributed by atoms with Gasteiger partial charge in [0.2, 0.25) is 0 Å². The van der Waals surface area contributed by atoms with Crippen LogP contribution in [0.25, 0.3) is 0 Å². The van der Waals surface area contributed by atoms with Gasteiger partial charge in [-0.25, -0.2) is 4.57 Å². The lowest BCUT2D eigenvalue weighted by Gasteiger charge is -2.60. The van der Waals surface area contributed by atoms with Crippen LogP contribution in [0.3, 0.4) is 0 Å². The van der Waals surface area contributed by atoms with Crippen molar-refractivity contribution in [1.29, 1.82) is 0 Å². The average molecular weight is 372 g/mol. The molecule has 8 atom stereocenters. The van der Waals surface area contributed by atoms with Crippen molar-refractivity contribution < 1.29 is 24.0 Å². The SMILES string of the molecule is C[C@]12CC[C@@H](OP(=O)(O)O)C[C@H]1CC[C@@H]1[C@@H]2CC[C@]2(C)[C@@H](O)CC[C@@H]12. The molecule has 0 aromatic heterocycles. The maximum atomic E-state index is 11.2. The van der Waals surface area contributed by atoms with E-state index in [0.29, 0.717) is 17.8 Å². The lowest BCUT2D eigenvalue weighted by molar-refractivity contribution is -0.132. The predicted octanol–water partition coefficient (Wildman–Crippen LogP) is 3.87. The van der Waals surface area contributed by atoms with Crippen molar-refractivity contribution in [2.75, 3.05) is 0 Å². The maximum absolute atomic E-state index is 11.2. The van der Waals surface area contributed by atoms with Crippen LogP contribution in [0.1, 0.15) is 71.6 Å². The first-order valence-electron chi connectivity index (χ1n) is 10.1. The Kier molecular flexibility index (Phi) is 4.45. The van der Waals surface area contributed by atoms with Crippen molar-refractivity contribution in [2.45, 2.75) is 83.8 Å². The number of rotatable bonds is 2. The van der Waals surface area contributed by atoms with E-state index in [4.69, 9.17) is 14.3 Å². The molecule has 0 bridgehead atoms. The summed E-state index contributed by atoms with van der Waals surface area (Å²) in [4.78, 5) is 18.3. The van der Waals surface area contributed by atoms with Gasteiger partial charge in [0.15, 0.2) is 0 Å². The van der Waals surface area contributed by atoms with Gasteiger partial charge < -0.3 is 14.9 Å². The highest BCUT2D eigenvalue weighted by Crippen LogP contribution is 2.66. The van der Waals surface area contributed by atoms with E-state index < -0.39 is 7.82 Å². The molecule has 0 radical (unpaired) electrons. The van der Waals surface area contributed by atoms with Gasteiger partial charge in [0.1, 0.15) is 0 Å². The van der Waals surface area contributed by atoms with Gasteiger partial charge in [-0.3, -0.25) is 4.52 Å². The molecule has 25 heavy (non-hydrogen) atoms. The van der Waals surface area contributed by atoms with Crippen LogP contribution >= 0.6 is 7.82 Å². The summed E-state index contributed by atoms with van der Waals surface area (Å²) in [6.07, 6.45) is 8.94. The third-order valence-electron chi connectivity index (χ3n) is 8.85. The summed E-state index contributed by atoms with van der Waals surface area (Å²) >= 11 is 0. The molecule has 0 heterocycles. The van der Waals surface area contributed by atoms with Crippen LogP contribution in [-0.4, -0.2) is 27.1 Å². The topological polar surface area (TPSA) is 87.0 Å². The van der Waals surface area contributed by atoms with Gasteiger partial charge >= 0.3 is 7.82 Å². The van der Waals surface area contributed by atoms with Crippen LogP contribution in [0.4, 0.5) is 0 Å². The highest BCUT2D eigenvalue weighted by atomic mass is 31.2. The highest BCUT2D eigenvalue weighted by molar-refractivity contribution is 7.46. The van der Waals surface area contributed by atoms with Crippen LogP contribution in [0.15, 0.2) is 0 Å². The Morgan fingerprint density at radius 3 is 2.32 bits per heavy atom. The summed E-state index contributed by atoms with van der Waals surface area (Å²) < 4.78 is 16.2. The normalized spacial score (nSPS) is 53.0. The van der Waals surface area contributed by atoms with Gasteiger partial charge in [-0.15, -0.1) is 0 Å². The summed E-state index contributed by atoms with van der Waals surface area (Å²) in [6.45, 7) is 4.74. The molecule has 0 spiro atoms. The number of hydrogen-bond donors (Lipinski definition) is 3. The zero-order valence-corrected chi connectivity index (χ0v) is 16.3. The third-order valence-corrected chi connectivity index (χ3v) is 9.43. The van der Waals surface area contributed by atoms with Crippen LogP contribution < -0.4 is 0 Å². The fourth-order valence-electron chi connectivity index (χ4n) is 7.48. The lowest BCUT2D eigenvalue weighted by Crippen LogP contribution is -2.54. The number of hydrogen-bond acceptors (Lipinski definition) is 3. The first-order chi connectivity index (χ1) is 11.6. The lowest BCUT2D eigenvalue weighted by atomic mass is 9.45. The number of aliphatic hydroxyl groups is 1. The molecular formula is C19H33O5P. The van der Waals surface area contributed by atoms with Crippen molar-refractivity contribution in [1.82, 2.24) is 0 Å². The Balaban J connectivity index is 1.52. The van der Waals surface area contributed by atoms with Crippen molar-refractivity contribution in [3.05, 3.63) is 0 Å². The van der Waals surface area contributed by atoms with E-state index in [1.54, 1.807) is 0 Å². The van der Waals surface area contributed by atoms with Gasteiger partial charge in [0.05, 0.1) is 12.2 Å². The van der Waals surface area contributed by atoms with Gasteiger partial charge in [-0.05, 0) is 92.3 Å². The molecule has 0 unspecified atom stereocenters. The van der Waals surface area contributed by atoms with Crippen molar-refractivity contribution in [2.24, 2.45) is 34.5 Å². The van der Waals surface area contributed by atoms with E-state index in [1.807, 2.05) is 0 Å². The average Bonchev–Trinajstić information content (AvgIpc) is 2.82. The zero-order valence-electron chi connectivity index (χ0n) is 15.4. The smallest absolute Gasteiger partial charge is 0.393 e. The van der Waals surface area contributed by atoms with E-state index in [2.05, 4.69) is 13.8 Å².